The summed E-state index contributed by atoms with van der Waals surface area (Å²) in [6, 6.07) is 20.8. The summed E-state index contributed by atoms with van der Waals surface area (Å²) in [4.78, 5) is 16.9. The van der Waals surface area contributed by atoms with Gasteiger partial charge in [0.1, 0.15) is 0 Å². The Kier molecular flexibility index (Phi) is 4.11. The van der Waals surface area contributed by atoms with Crippen molar-refractivity contribution in [3.63, 3.8) is 0 Å². The highest BCUT2D eigenvalue weighted by Gasteiger charge is 2.51. The van der Waals surface area contributed by atoms with Crippen molar-refractivity contribution in [3.05, 3.63) is 66.2 Å². The Labute approximate surface area is 143 Å². The van der Waals surface area contributed by atoms with E-state index in [2.05, 4.69) is 35.2 Å². The van der Waals surface area contributed by atoms with Crippen LogP contribution in [0.1, 0.15) is 18.4 Å². The molecule has 0 atom stereocenters. The fourth-order valence-electron chi connectivity index (χ4n) is 4.16. The van der Waals surface area contributed by atoms with E-state index in [1.165, 1.54) is 12.0 Å². The number of carbonyl (C=O) groups excluding carboxylic acids is 1. The standard InChI is InChI=1S/C21H24N2O/c24-20-14-21(17-23(20)19-11-5-2-6-12-19)15-22(16-21)13-7-10-18-8-3-1-4-9-18/h1-6,8-9,11-12H,7,10,13-17H2. The summed E-state index contributed by atoms with van der Waals surface area (Å²) in [6.07, 6.45) is 3.03. The summed E-state index contributed by atoms with van der Waals surface area (Å²) >= 11 is 0. The van der Waals surface area contributed by atoms with Gasteiger partial charge in [-0.2, -0.15) is 0 Å². The molecule has 1 spiro atoms. The molecule has 2 saturated heterocycles. The molecule has 3 nitrogen and oxygen atoms in total. The quantitative estimate of drug-likeness (QED) is 0.843. The molecule has 0 radical (unpaired) electrons. The highest BCUT2D eigenvalue weighted by Crippen LogP contribution is 2.41. The molecule has 124 valence electrons. The first-order chi connectivity index (χ1) is 11.7. The molecule has 2 fully saturated rings. The van der Waals surface area contributed by atoms with Crippen molar-refractivity contribution < 1.29 is 4.79 Å². The average molecular weight is 320 g/mol. The Bertz CT molecular complexity index is 692. The molecule has 2 aliphatic heterocycles. The van der Waals surface area contributed by atoms with E-state index >= 15 is 0 Å². The van der Waals surface area contributed by atoms with Crippen molar-refractivity contribution in [2.45, 2.75) is 19.3 Å². The van der Waals surface area contributed by atoms with Gasteiger partial charge in [0.2, 0.25) is 5.91 Å². The Balaban J connectivity index is 1.27. The van der Waals surface area contributed by atoms with Crippen LogP contribution in [0.15, 0.2) is 60.7 Å². The first-order valence-corrected chi connectivity index (χ1v) is 8.86. The number of aryl methyl sites for hydroxylation is 1. The molecule has 0 aromatic heterocycles. The van der Waals surface area contributed by atoms with Crippen LogP contribution >= 0.6 is 0 Å². The van der Waals surface area contributed by atoms with Gasteiger partial charge in [-0.3, -0.25) is 4.79 Å². The lowest BCUT2D eigenvalue weighted by Crippen LogP contribution is -2.57. The van der Waals surface area contributed by atoms with Gasteiger partial charge in [0.15, 0.2) is 0 Å². The molecule has 4 rings (SSSR count). The SMILES string of the molecule is O=C1CC2(CN(CCCc3ccccc3)C2)CN1c1ccccc1. The summed E-state index contributed by atoms with van der Waals surface area (Å²) in [5.74, 6) is 0.283. The van der Waals surface area contributed by atoms with Crippen molar-refractivity contribution in [3.8, 4) is 0 Å². The van der Waals surface area contributed by atoms with E-state index in [-0.39, 0.29) is 11.3 Å². The van der Waals surface area contributed by atoms with Gasteiger partial charge >= 0.3 is 0 Å². The minimum Gasteiger partial charge on any atom is -0.312 e. The second kappa shape index (κ2) is 6.40. The smallest absolute Gasteiger partial charge is 0.227 e. The maximum absolute atomic E-state index is 12.4. The largest absolute Gasteiger partial charge is 0.312 e. The third-order valence-electron chi connectivity index (χ3n) is 5.29. The van der Waals surface area contributed by atoms with Crippen LogP contribution in [-0.2, 0) is 11.2 Å². The van der Waals surface area contributed by atoms with Gasteiger partial charge in [-0.25, -0.2) is 0 Å². The third-order valence-corrected chi connectivity index (χ3v) is 5.29. The van der Waals surface area contributed by atoms with E-state index in [0.29, 0.717) is 6.42 Å². The first kappa shape index (κ1) is 15.4. The molecular weight excluding hydrogens is 296 g/mol. The molecule has 1 amide bonds. The molecule has 0 aliphatic carbocycles. The zero-order valence-electron chi connectivity index (χ0n) is 14.0. The summed E-state index contributed by atoms with van der Waals surface area (Å²) in [5.41, 5.74) is 2.65. The minimum atomic E-state index is 0.194. The van der Waals surface area contributed by atoms with Crippen LogP contribution in [0, 0.1) is 5.41 Å². The predicted molar refractivity (Wildman–Crippen MR) is 97.0 cm³/mol. The van der Waals surface area contributed by atoms with E-state index in [9.17, 15) is 4.79 Å². The number of anilines is 1. The number of carbonyl (C=O) groups is 1. The molecule has 0 N–H and O–H groups in total. The monoisotopic (exact) mass is 320 g/mol. The zero-order chi connectivity index (χ0) is 16.4. The van der Waals surface area contributed by atoms with Crippen LogP contribution in [0.5, 0.6) is 0 Å². The molecule has 0 bridgehead atoms. The predicted octanol–water partition coefficient (Wildman–Crippen LogP) is 3.36. The molecule has 3 heteroatoms. The third kappa shape index (κ3) is 3.09. The van der Waals surface area contributed by atoms with Crippen molar-refractivity contribution in [1.29, 1.82) is 0 Å². The number of hydrogen-bond donors (Lipinski definition) is 0. The van der Waals surface area contributed by atoms with Gasteiger partial charge < -0.3 is 9.80 Å². The Morgan fingerprint density at radius 1 is 0.875 bits per heavy atom. The Hall–Kier alpha value is -2.13. The van der Waals surface area contributed by atoms with Gasteiger partial charge in [-0.1, -0.05) is 48.5 Å². The van der Waals surface area contributed by atoms with Crippen molar-refractivity contribution >= 4 is 11.6 Å². The van der Waals surface area contributed by atoms with E-state index in [1.807, 2.05) is 35.2 Å². The van der Waals surface area contributed by atoms with E-state index < -0.39 is 0 Å². The summed E-state index contributed by atoms with van der Waals surface area (Å²) < 4.78 is 0. The fraction of sp³-hybridized carbons (Fsp3) is 0.381. The zero-order valence-corrected chi connectivity index (χ0v) is 14.0. The van der Waals surface area contributed by atoms with Crippen LogP contribution in [0.4, 0.5) is 5.69 Å². The Morgan fingerprint density at radius 2 is 1.54 bits per heavy atom. The van der Waals surface area contributed by atoms with E-state index in [4.69, 9.17) is 0 Å². The lowest BCUT2D eigenvalue weighted by molar-refractivity contribution is -0.119. The van der Waals surface area contributed by atoms with Gasteiger partial charge in [-0.15, -0.1) is 0 Å². The fourth-order valence-corrected chi connectivity index (χ4v) is 4.16. The molecule has 2 heterocycles. The number of nitrogens with zero attached hydrogens (tertiary/aromatic N) is 2. The minimum absolute atomic E-state index is 0.194. The number of amides is 1. The van der Waals surface area contributed by atoms with Gasteiger partial charge in [0, 0.05) is 37.2 Å². The van der Waals surface area contributed by atoms with Gasteiger partial charge in [-0.05, 0) is 37.1 Å². The van der Waals surface area contributed by atoms with Crippen LogP contribution in [-0.4, -0.2) is 37.0 Å². The second-order valence-corrected chi connectivity index (χ2v) is 7.29. The van der Waals surface area contributed by atoms with Gasteiger partial charge in [0.25, 0.3) is 0 Å². The molecule has 2 aliphatic rings. The molecule has 2 aromatic carbocycles. The average Bonchev–Trinajstić information content (AvgIpc) is 2.94. The highest BCUT2D eigenvalue weighted by atomic mass is 16.2. The number of hydrogen-bond acceptors (Lipinski definition) is 2. The molecular formula is C21H24N2O. The normalized spacial score (nSPS) is 19.7. The topological polar surface area (TPSA) is 23.6 Å². The van der Waals surface area contributed by atoms with Crippen LogP contribution in [0.25, 0.3) is 0 Å². The van der Waals surface area contributed by atoms with Crippen LogP contribution in [0.3, 0.4) is 0 Å². The maximum atomic E-state index is 12.4. The molecule has 0 unspecified atom stereocenters. The van der Waals surface area contributed by atoms with Crippen molar-refractivity contribution in [2.75, 3.05) is 31.1 Å². The van der Waals surface area contributed by atoms with E-state index in [1.54, 1.807) is 0 Å². The molecule has 2 aromatic rings. The maximum Gasteiger partial charge on any atom is 0.227 e. The lowest BCUT2D eigenvalue weighted by Gasteiger charge is -2.47. The number of benzene rings is 2. The second-order valence-electron chi connectivity index (χ2n) is 7.29. The molecule has 0 saturated carbocycles. The Morgan fingerprint density at radius 3 is 2.25 bits per heavy atom. The highest BCUT2D eigenvalue weighted by molar-refractivity contribution is 5.96. The molecule has 24 heavy (non-hydrogen) atoms. The first-order valence-electron chi connectivity index (χ1n) is 8.86. The number of likely N-dealkylation sites (tertiary alicyclic amines) is 1. The number of para-hydroxylation sites is 1. The summed E-state index contributed by atoms with van der Waals surface area (Å²) in [5, 5.41) is 0. The number of rotatable bonds is 5. The van der Waals surface area contributed by atoms with Gasteiger partial charge in [0.05, 0.1) is 0 Å². The van der Waals surface area contributed by atoms with E-state index in [0.717, 1.165) is 38.3 Å². The van der Waals surface area contributed by atoms with Crippen molar-refractivity contribution in [1.82, 2.24) is 4.90 Å². The van der Waals surface area contributed by atoms with Crippen molar-refractivity contribution in [2.24, 2.45) is 5.41 Å². The lowest BCUT2D eigenvalue weighted by atomic mass is 9.79. The van der Waals surface area contributed by atoms with Crippen LogP contribution in [0.2, 0.25) is 0 Å². The summed E-state index contributed by atoms with van der Waals surface area (Å²) in [7, 11) is 0. The van der Waals surface area contributed by atoms with Crippen LogP contribution < -0.4 is 4.90 Å². The summed E-state index contributed by atoms with van der Waals surface area (Å²) in [6.45, 7) is 4.15.